The summed E-state index contributed by atoms with van der Waals surface area (Å²) in [4.78, 5) is 21.2. The van der Waals surface area contributed by atoms with Gasteiger partial charge in [0.25, 0.3) is 0 Å². The fourth-order valence-electron chi connectivity index (χ4n) is 11.6. The Kier molecular flexibility index (Phi) is 23.9. The molecular formula is C68H59CuF8FeN10-. The van der Waals surface area contributed by atoms with E-state index >= 15 is 35.1 Å². The van der Waals surface area contributed by atoms with Crippen molar-refractivity contribution in [3.8, 4) is 44.5 Å². The normalized spacial score (nSPS) is 17.4. The van der Waals surface area contributed by atoms with Crippen LogP contribution in [0.15, 0.2) is 121 Å². The molecule has 6 aliphatic heterocycles. The maximum Gasteiger partial charge on any atom is 5.00 e. The van der Waals surface area contributed by atoms with Gasteiger partial charge in [-0.15, -0.1) is 72.4 Å². The van der Waals surface area contributed by atoms with Gasteiger partial charge in [0, 0.05) is 0 Å². The second-order valence-corrected chi connectivity index (χ2v) is 21.3. The summed E-state index contributed by atoms with van der Waals surface area (Å²) in [7, 11) is 0. The van der Waals surface area contributed by atoms with Crippen molar-refractivity contribution in [1.29, 1.82) is 5.26 Å². The van der Waals surface area contributed by atoms with E-state index in [9.17, 15) is 0 Å². The zero-order valence-electron chi connectivity index (χ0n) is 47.6. The van der Waals surface area contributed by atoms with Crippen molar-refractivity contribution in [2.75, 3.05) is 45.8 Å². The molecule has 3 saturated heterocycles. The van der Waals surface area contributed by atoms with E-state index in [0.717, 1.165) is 119 Å². The summed E-state index contributed by atoms with van der Waals surface area (Å²) in [5.41, 5.74) is -3.65. The molecule has 7 aromatic rings. The first kappa shape index (κ1) is 66.5. The van der Waals surface area contributed by atoms with Crippen LogP contribution in [0, 0.1) is 58.4 Å². The molecule has 88 heavy (non-hydrogen) atoms. The van der Waals surface area contributed by atoms with Crippen molar-refractivity contribution in [2.45, 2.75) is 75.9 Å². The minimum Gasteiger partial charge on any atom is -0.687 e. The van der Waals surface area contributed by atoms with E-state index in [0.29, 0.717) is 18.1 Å². The molecule has 0 spiro atoms. The van der Waals surface area contributed by atoms with Gasteiger partial charge in [0.05, 0.1) is 45.0 Å². The molecule has 0 aliphatic carbocycles. The van der Waals surface area contributed by atoms with Crippen molar-refractivity contribution in [1.82, 2.24) is 24.8 Å². The third-order valence-corrected chi connectivity index (χ3v) is 15.5. The second kappa shape index (κ2) is 31.7. The van der Waals surface area contributed by atoms with Gasteiger partial charge in [0.1, 0.15) is 46.5 Å². The predicted octanol–water partition coefficient (Wildman–Crippen LogP) is 17.3. The number of benzene rings is 4. The standard InChI is InChI=1S/C44H20F8N4.C18H33N4.C5H6N.CN.Cu.Fe/c45-21-5-1-6-22(46)37(21)41-29-13-15-31(53-29)42(38-23(47)7-2-8-24(38)48)33-17-19-35(55-33)44(40-27(51)11-4-12-28(40)52)36-20-18-34(56-36)43(32-16-14-30(41)54-32)39-25(49)9-3-10-26(39)50;1-4-10-19-16(7-1)13-22(14-17-8-2-5-11-20-17)15-18-9-3-6-12-21-18;1-2-4-6-5-3-1;1-2;;/h1-20H;16-18H,1-15H2;1-4H,5H2;;;/q-2;-3;2*-1;+1;+5. The third-order valence-electron chi connectivity index (χ3n) is 15.5. The van der Waals surface area contributed by atoms with Gasteiger partial charge in [0.2, 0.25) is 0 Å². The van der Waals surface area contributed by atoms with Gasteiger partial charge in [-0.25, -0.2) is 45.1 Å². The Balaban J connectivity index is 0.000000258. The molecule has 3 aromatic heterocycles. The molecule has 0 saturated carbocycles. The molecule has 20 heteroatoms. The first-order valence-corrected chi connectivity index (χ1v) is 28.7. The summed E-state index contributed by atoms with van der Waals surface area (Å²) < 4.78 is 125. The molecule has 0 N–H and O–H groups in total. The quantitative estimate of drug-likeness (QED) is 0.0759. The monoisotopic (exact) mass is 1290 g/mol. The zero-order valence-corrected chi connectivity index (χ0v) is 49.6. The molecule has 3 unspecified atom stereocenters. The number of allylic oxidation sites excluding steroid dienone is 2. The minimum atomic E-state index is -0.995. The predicted molar refractivity (Wildman–Crippen MR) is 324 cm³/mol. The van der Waals surface area contributed by atoms with Gasteiger partial charge in [-0.1, -0.05) is 118 Å². The van der Waals surface area contributed by atoms with Gasteiger partial charge in [-0.05, 0) is 115 Å². The van der Waals surface area contributed by atoms with E-state index in [2.05, 4.69) is 30.2 Å². The molecular weight excluding hydrogens is 1230 g/mol. The molecule has 1 radical (unpaired) electrons. The summed E-state index contributed by atoms with van der Waals surface area (Å²) in [6, 6.07) is 20.0. The van der Waals surface area contributed by atoms with Gasteiger partial charge < -0.3 is 48.0 Å². The van der Waals surface area contributed by atoms with Crippen molar-refractivity contribution in [2.24, 2.45) is 0 Å². The van der Waals surface area contributed by atoms with E-state index in [-0.39, 0.29) is 101 Å². The topological polar surface area (TPSA) is 137 Å². The Morgan fingerprint density at radius 3 is 0.898 bits per heavy atom. The van der Waals surface area contributed by atoms with Gasteiger partial charge in [0.15, 0.2) is 0 Å². The number of nitrogens with zero attached hydrogens (tertiary/aromatic N) is 10. The molecule has 6 aliphatic rings. The Bertz CT molecular complexity index is 3340. The summed E-state index contributed by atoms with van der Waals surface area (Å²) in [5.74, 6) is -7.96. The molecule has 0 amide bonds. The number of halogens is 8. The van der Waals surface area contributed by atoms with E-state index in [1.807, 2.05) is 18.2 Å². The van der Waals surface area contributed by atoms with Crippen LogP contribution in [-0.4, -0.2) is 78.8 Å². The summed E-state index contributed by atoms with van der Waals surface area (Å²) in [6.07, 6.45) is 25.1. The van der Waals surface area contributed by atoms with E-state index < -0.39 is 68.8 Å². The Morgan fingerprint density at radius 2 is 0.693 bits per heavy atom. The van der Waals surface area contributed by atoms with Crippen LogP contribution in [0.2, 0.25) is 0 Å². The molecule has 457 valence electrons. The van der Waals surface area contributed by atoms with Crippen LogP contribution in [0.1, 0.15) is 80.6 Å². The van der Waals surface area contributed by atoms with Crippen LogP contribution in [0.4, 0.5) is 35.1 Å². The number of aromatic nitrogens is 4. The van der Waals surface area contributed by atoms with Crippen LogP contribution in [0.25, 0.3) is 112 Å². The second-order valence-electron chi connectivity index (χ2n) is 21.3. The van der Waals surface area contributed by atoms with Crippen LogP contribution >= 0.6 is 0 Å². The molecule has 10 nitrogen and oxygen atoms in total. The SMILES string of the molecule is C1=CC[N-]C=C1.C1CCC(CN(CC2CCCC[N-]2)CC2CCCC[N-]2)[N-]C1.Fc1cccc(F)c1-c1c2nc(c(-c3c(F)cccc3F)c3ccc([n-]3)c(-c3c(F)cccc3F)c3nc(c(-c4c(F)cccc4F)c4ccc1[n-]4)C=C3)C=C2.[C-]#N.[Cu+].[Fe+5]. The Hall–Kier alpha value is -7.43. The number of hydrogen-bond acceptors (Lipinski definition) is 4. The smallest absolute Gasteiger partial charge is 0.687 e. The van der Waals surface area contributed by atoms with E-state index in [1.165, 1.54) is 106 Å². The molecule has 3 atom stereocenters. The van der Waals surface area contributed by atoms with Gasteiger partial charge in [-0.3, -0.25) is 0 Å². The number of hydrogen-bond donors (Lipinski definition) is 0. The van der Waals surface area contributed by atoms with Gasteiger partial charge >= 0.3 is 34.1 Å². The Morgan fingerprint density at radius 1 is 0.409 bits per heavy atom. The minimum absolute atomic E-state index is 0. The van der Waals surface area contributed by atoms with Crippen molar-refractivity contribution in [3.63, 3.8) is 0 Å². The summed E-state index contributed by atoms with van der Waals surface area (Å²) >= 11 is 0. The zero-order chi connectivity index (χ0) is 60.1. The fraction of sp³-hybridized carbons (Fsp3) is 0.279. The van der Waals surface area contributed by atoms with Crippen molar-refractivity contribution < 1.29 is 69.3 Å². The van der Waals surface area contributed by atoms with Crippen molar-refractivity contribution in [3.05, 3.63) is 219 Å². The van der Waals surface area contributed by atoms with Crippen LogP contribution in [0.5, 0.6) is 0 Å². The van der Waals surface area contributed by atoms with E-state index in [1.54, 1.807) is 6.20 Å². The maximum atomic E-state index is 15.7. The average Bonchev–Trinajstić information content (AvgIpc) is 3.08. The number of fused-ring (bicyclic) bond motifs is 8. The largest absolute Gasteiger partial charge is 5.00 e. The first-order chi connectivity index (χ1) is 42.0. The average molecular weight is 1290 g/mol. The van der Waals surface area contributed by atoms with Crippen LogP contribution in [0.3, 0.4) is 0 Å². The van der Waals surface area contributed by atoms with Crippen LogP contribution in [-0.2, 0) is 34.1 Å². The molecule has 4 aromatic carbocycles. The van der Waals surface area contributed by atoms with Crippen molar-refractivity contribution >= 4 is 46.4 Å². The fourth-order valence-corrected chi connectivity index (χ4v) is 11.6. The first-order valence-electron chi connectivity index (χ1n) is 28.7. The third kappa shape index (κ3) is 15.5. The van der Waals surface area contributed by atoms with E-state index in [4.69, 9.17) is 27.8 Å². The number of piperidine rings is 3. The summed E-state index contributed by atoms with van der Waals surface area (Å²) in [6.45, 7) is 12.3. The maximum absolute atomic E-state index is 15.7. The number of rotatable bonds is 10. The molecule has 8 bridgehead atoms. The Labute approximate surface area is 527 Å². The van der Waals surface area contributed by atoms with Crippen LogP contribution < -0.4 is 9.97 Å². The van der Waals surface area contributed by atoms with Gasteiger partial charge in [-0.2, -0.15) is 6.20 Å². The molecule has 9 heterocycles. The molecule has 3 fully saturated rings. The molecule has 13 rings (SSSR count). The summed E-state index contributed by atoms with van der Waals surface area (Å²) in [5, 5.41) is 24.7.